The molecule has 5 aliphatic rings. The van der Waals surface area contributed by atoms with E-state index in [1.807, 2.05) is 29.2 Å². The molecular weight excluding hydrogens is 402 g/mol. The number of urea groups is 1. The van der Waals surface area contributed by atoms with Crippen molar-refractivity contribution in [1.29, 1.82) is 0 Å². The topological polar surface area (TPSA) is 70.7 Å². The van der Waals surface area contributed by atoms with Gasteiger partial charge in [0, 0.05) is 30.2 Å². The number of carbonyl (C=O) groups excluding carboxylic acids is 2. The maximum absolute atomic E-state index is 13.2. The van der Waals surface area contributed by atoms with Crippen LogP contribution in [0.1, 0.15) is 64.7 Å². The number of anilines is 1. The van der Waals surface area contributed by atoms with Crippen LogP contribution in [0.25, 0.3) is 0 Å². The molecular formula is C26H37N3O3. The number of ether oxygens (including phenoxy) is 1. The van der Waals surface area contributed by atoms with Crippen molar-refractivity contribution in [2.75, 3.05) is 18.6 Å². The molecule has 5 fully saturated rings. The van der Waals surface area contributed by atoms with E-state index >= 15 is 0 Å². The highest BCUT2D eigenvalue weighted by atomic mass is 16.5. The molecule has 6 nitrogen and oxygen atoms in total. The maximum atomic E-state index is 13.2. The highest BCUT2D eigenvalue weighted by molar-refractivity contribution is 5.94. The molecule has 0 radical (unpaired) electrons. The average Bonchev–Trinajstić information content (AvgIpc) is 3.58. The highest BCUT2D eigenvalue weighted by Gasteiger charge is 2.51. The number of hydrogen-bond acceptors (Lipinski definition) is 3. The molecule has 6 rings (SSSR count). The Kier molecular flexibility index (Phi) is 5.81. The third-order valence-corrected chi connectivity index (χ3v) is 8.37. The first kappa shape index (κ1) is 21.6. The fourth-order valence-electron chi connectivity index (χ4n) is 7.09. The molecule has 32 heavy (non-hydrogen) atoms. The van der Waals surface area contributed by atoms with Gasteiger partial charge < -0.3 is 20.3 Å². The van der Waals surface area contributed by atoms with Crippen LogP contribution >= 0.6 is 0 Å². The summed E-state index contributed by atoms with van der Waals surface area (Å²) in [5.41, 5.74) is 0.895. The lowest BCUT2D eigenvalue weighted by atomic mass is 9.53. The second kappa shape index (κ2) is 8.60. The third-order valence-electron chi connectivity index (χ3n) is 8.37. The Labute approximate surface area is 191 Å². The molecule has 4 bridgehead atoms. The van der Waals surface area contributed by atoms with E-state index in [1.54, 1.807) is 7.11 Å². The van der Waals surface area contributed by atoms with Crippen LogP contribution in [0.15, 0.2) is 24.3 Å². The fourth-order valence-corrected chi connectivity index (χ4v) is 7.09. The Morgan fingerprint density at radius 2 is 1.66 bits per heavy atom. The second-order valence-corrected chi connectivity index (χ2v) is 10.9. The normalized spacial score (nSPS) is 31.1. The van der Waals surface area contributed by atoms with Crippen LogP contribution in [0.4, 0.5) is 10.5 Å². The van der Waals surface area contributed by atoms with Crippen molar-refractivity contribution >= 4 is 17.6 Å². The van der Waals surface area contributed by atoms with E-state index in [9.17, 15) is 9.59 Å². The molecule has 0 saturated heterocycles. The number of rotatable bonds is 8. The zero-order valence-corrected chi connectivity index (χ0v) is 19.4. The van der Waals surface area contributed by atoms with Crippen molar-refractivity contribution in [2.45, 2.75) is 76.3 Å². The summed E-state index contributed by atoms with van der Waals surface area (Å²) in [7, 11) is 1.64. The first-order valence-corrected chi connectivity index (χ1v) is 12.5. The SMILES string of the molecule is COc1ccc(N(C(=O)CCNC(=O)NC23CC4CC(CC(C4)C2)C3)C(C)C2CC2)cc1. The van der Waals surface area contributed by atoms with E-state index in [0.29, 0.717) is 18.9 Å². The molecule has 0 aromatic heterocycles. The van der Waals surface area contributed by atoms with Crippen LogP contribution in [0.3, 0.4) is 0 Å². The van der Waals surface area contributed by atoms with Gasteiger partial charge in [0.25, 0.3) is 0 Å². The Balaban J connectivity index is 1.16. The van der Waals surface area contributed by atoms with Gasteiger partial charge in [-0.2, -0.15) is 0 Å². The van der Waals surface area contributed by atoms with Gasteiger partial charge in [-0.1, -0.05) is 0 Å². The number of amides is 3. The zero-order chi connectivity index (χ0) is 22.3. The van der Waals surface area contributed by atoms with Gasteiger partial charge in [-0.15, -0.1) is 0 Å². The molecule has 2 N–H and O–H groups in total. The van der Waals surface area contributed by atoms with Gasteiger partial charge in [-0.05, 0) is 106 Å². The molecule has 1 aromatic rings. The van der Waals surface area contributed by atoms with Gasteiger partial charge >= 0.3 is 6.03 Å². The zero-order valence-electron chi connectivity index (χ0n) is 19.4. The fraction of sp³-hybridized carbons (Fsp3) is 0.692. The summed E-state index contributed by atoms with van der Waals surface area (Å²) in [6.45, 7) is 2.49. The summed E-state index contributed by atoms with van der Waals surface area (Å²) in [6, 6.07) is 7.74. The molecule has 6 heteroatoms. The molecule has 1 aromatic carbocycles. The monoisotopic (exact) mass is 439 g/mol. The molecule has 5 saturated carbocycles. The summed E-state index contributed by atoms with van der Waals surface area (Å²) in [4.78, 5) is 27.8. The van der Waals surface area contributed by atoms with Crippen molar-refractivity contribution < 1.29 is 14.3 Å². The van der Waals surface area contributed by atoms with Crippen molar-refractivity contribution in [1.82, 2.24) is 10.6 Å². The molecule has 5 aliphatic carbocycles. The highest BCUT2D eigenvalue weighted by Crippen LogP contribution is 2.55. The summed E-state index contributed by atoms with van der Waals surface area (Å²) in [5.74, 6) is 3.79. The number of benzene rings is 1. The number of methoxy groups -OCH3 is 1. The van der Waals surface area contributed by atoms with Crippen LogP contribution in [0, 0.1) is 23.7 Å². The molecule has 1 unspecified atom stereocenters. The minimum atomic E-state index is -0.106. The Hall–Kier alpha value is -2.24. The van der Waals surface area contributed by atoms with Crippen molar-refractivity contribution in [2.24, 2.45) is 23.7 Å². The van der Waals surface area contributed by atoms with E-state index in [0.717, 1.165) is 48.5 Å². The minimum Gasteiger partial charge on any atom is -0.497 e. The minimum absolute atomic E-state index is 0.00153. The standard InChI is InChI=1S/C26H37N3O3/c1-17(21-3-4-21)29(22-5-7-23(32-2)8-6-22)24(30)9-10-27-25(31)28-26-14-18-11-19(15-26)13-20(12-18)16-26/h5-8,17-21H,3-4,9-16H2,1-2H3,(H2,27,28,31). The number of nitrogens with one attached hydrogen (secondary N) is 2. The molecule has 0 spiro atoms. The van der Waals surface area contributed by atoms with Crippen molar-refractivity contribution in [3.05, 3.63) is 24.3 Å². The summed E-state index contributed by atoms with van der Waals surface area (Å²) < 4.78 is 5.26. The van der Waals surface area contributed by atoms with E-state index in [4.69, 9.17) is 4.74 Å². The molecule has 1 atom stereocenters. The lowest BCUT2D eigenvalue weighted by Gasteiger charge is -2.56. The molecule has 0 aliphatic heterocycles. The number of hydrogen-bond donors (Lipinski definition) is 2. The first-order chi connectivity index (χ1) is 15.4. The average molecular weight is 440 g/mol. The molecule has 174 valence electrons. The summed E-state index contributed by atoms with van der Waals surface area (Å²) in [5, 5.41) is 6.31. The summed E-state index contributed by atoms with van der Waals surface area (Å²) >= 11 is 0. The quantitative estimate of drug-likeness (QED) is 0.627. The van der Waals surface area contributed by atoms with Gasteiger partial charge in [0.05, 0.1) is 7.11 Å². The third kappa shape index (κ3) is 4.46. The van der Waals surface area contributed by atoms with Crippen LogP contribution in [0.2, 0.25) is 0 Å². The first-order valence-electron chi connectivity index (χ1n) is 12.5. The van der Waals surface area contributed by atoms with E-state index in [-0.39, 0.29) is 23.5 Å². The van der Waals surface area contributed by atoms with E-state index in [2.05, 4.69) is 17.6 Å². The van der Waals surface area contributed by atoms with Gasteiger partial charge in [0.15, 0.2) is 0 Å². The number of carbonyl (C=O) groups is 2. The smallest absolute Gasteiger partial charge is 0.315 e. The van der Waals surface area contributed by atoms with E-state index < -0.39 is 0 Å². The van der Waals surface area contributed by atoms with Crippen LogP contribution in [0.5, 0.6) is 5.75 Å². The Bertz CT molecular complexity index is 813. The lowest BCUT2D eigenvalue weighted by Crippen LogP contribution is -2.61. The van der Waals surface area contributed by atoms with Crippen LogP contribution in [-0.4, -0.2) is 37.2 Å². The lowest BCUT2D eigenvalue weighted by molar-refractivity contribution is -0.119. The van der Waals surface area contributed by atoms with Gasteiger partial charge in [-0.25, -0.2) is 4.79 Å². The van der Waals surface area contributed by atoms with Gasteiger partial charge in [-0.3, -0.25) is 4.79 Å². The van der Waals surface area contributed by atoms with Crippen LogP contribution in [-0.2, 0) is 4.79 Å². The maximum Gasteiger partial charge on any atom is 0.315 e. The predicted octanol–water partition coefficient (Wildman–Crippen LogP) is 4.48. The largest absolute Gasteiger partial charge is 0.497 e. The molecule has 3 amide bonds. The molecule has 0 heterocycles. The van der Waals surface area contributed by atoms with Crippen LogP contribution < -0.4 is 20.3 Å². The van der Waals surface area contributed by atoms with Crippen molar-refractivity contribution in [3.8, 4) is 5.75 Å². The van der Waals surface area contributed by atoms with Crippen molar-refractivity contribution in [3.63, 3.8) is 0 Å². The second-order valence-electron chi connectivity index (χ2n) is 10.9. The Morgan fingerprint density at radius 3 is 2.19 bits per heavy atom. The van der Waals surface area contributed by atoms with Gasteiger partial charge in [0.2, 0.25) is 5.91 Å². The van der Waals surface area contributed by atoms with E-state index in [1.165, 1.54) is 32.1 Å². The Morgan fingerprint density at radius 1 is 1.06 bits per heavy atom. The van der Waals surface area contributed by atoms with Gasteiger partial charge in [0.1, 0.15) is 5.75 Å². The summed E-state index contributed by atoms with van der Waals surface area (Å²) in [6.07, 6.45) is 10.1. The number of nitrogens with zero attached hydrogens (tertiary/aromatic N) is 1. The predicted molar refractivity (Wildman–Crippen MR) is 125 cm³/mol.